The molecule has 29 heavy (non-hydrogen) atoms. The number of benzene rings is 1. The first kappa shape index (κ1) is 17.8. The zero-order valence-electron chi connectivity index (χ0n) is 16.0. The Morgan fingerprint density at radius 3 is 2.83 bits per heavy atom. The number of pyridine rings is 2. The lowest BCUT2D eigenvalue weighted by atomic mass is 10.1. The third kappa shape index (κ3) is 3.85. The second-order valence-electron chi connectivity index (χ2n) is 7.16. The Hall–Kier alpha value is -3.22. The van der Waals surface area contributed by atoms with E-state index in [1.807, 2.05) is 30.5 Å². The van der Waals surface area contributed by atoms with Crippen LogP contribution in [-0.2, 0) is 11.3 Å². The van der Waals surface area contributed by atoms with Crippen molar-refractivity contribution >= 4 is 10.9 Å². The molecule has 3 aromatic heterocycles. The molecule has 5 rings (SSSR count). The summed E-state index contributed by atoms with van der Waals surface area (Å²) >= 11 is 0. The number of rotatable bonds is 4. The Morgan fingerprint density at radius 1 is 1.00 bits per heavy atom. The highest BCUT2D eigenvalue weighted by Crippen LogP contribution is 2.26. The molecule has 1 saturated heterocycles. The second kappa shape index (κ2) is 8.03. The third-order valence-electron chi connectivity index (χ3n) is 5.24. The summed E-state index contributed by atoms with van der Waals surface area (Å²) in [5.41, 5.74) is 5.04. The number of hydrogen-bond donors (Lipinski definition) is 0. The van der Waals surface area contributed by atoms with Crippen LogP contribution in [0.3, 0.4) is 0 Å². The van der Waals surface area contributed by atoms with E-state index in [0.717, 1.165) is 42.1 Å². The van der Waals surface area contributed by atoms with Gasteiger partial charge < -0.3 is 4.74 Å². The van der Waals surface area contributed by atoms with Crippen molar-refractivity contribution < 1.29 is 4.74 Å². The molecule has 6 nitrogen and oxygen atoms in total. The normalized spacial score (nSPS) is 17.4. The largest absolute Gasteiger partial charge is 0.369 e. The molecule has 0 spiro atoms. The summed E-state index contributed by atoms with van der Waals surface area (Å²) in [7, 11) is 0. The maximum Gasteiger partial charge on any atom is 0.115 e. The average Bonchev–Trinajstić information content (AvgIpc) is 2.80. The summed E-state index contributed by atoms with van der Waals surface area (Å²) in [6.45, 7) is 3.26. The van der Waals surface area contributed by atoms with Crippen molar-refractivity contribution in [2.75, 3.05) is 19.7 Å². The molecule has 144 valence electrons. The maximum atomic E-state index is 6.06. The van der Waals surface area contributed by atoms with Crippen molar-refractivity contribution in [2.45, 2.75) is 12.6 Å². The number of morpholine rings is 1. The first-order valence-electron chi connectivity index (χ1n) is 9.76. The van der Waals surface area contributed by atoms with Crippen LogP contribution in [0.2, 0.25) is 0 Å². The van der Waals surface area contributed by atoms with Gasteiger partial charge in [0.15, 0.2) is 0 Å². The summed E-state index contributed by atoms with van der Waals surface area (Å²) < 4.78 is 6.06. The molecule has 0 N–H and O–H groups in total. The Kier molecular flexibility index (Phi) is 4.94. The van der Waals surface area contributed by atoms with E-state index in [1.54, 1.807) is 12.4 Å². The van der Waals surface area contributed by atoms with Crippen molar-refractivity contribution in [1.82, 2.24) is 24.8 Å². The molecule has 0 saturated carbocycles. The molecule has 1 aliphatic rings. The highest BCUT2D eigenvalue weighted by atomic mass is 16.5. The van der Waals surface area contributed by atoms with Crippen LogP contribution in [0.15, 0.2) is 73.4 Å². The van der Waals surface area contributed by atoms with E-state index in [-0.39, 0.29) is 6.10 Å². The first-order valence-corrected chi connectivity index (χ1v) is 9.76. The van der Waals surface area contributed by atoms with Gasteiger partial charge in [-0.1, -0.05) is 24.3 Å². The Balaban J connectivity index is 1.36. The van der Waals surface area contributed by atoms with Gasteiger partial charge in [0.2, 0.25) is 0 Å². The molecule has 1 aromatic carbocycles. The van der Waals surface area contributed by atoms with Crippen LogP contribution in [0, 0.1) is 0 Å². The van der Waals surface area contributed by atoms with Crippen LogP contribution in [-0.4, -0.2) is 44.5 Å². The average molecular weight is 383 g/mol. The molecule has 0 unspecified atom stereocenters. The van der Waals surface area contributed by atoms with Gasteiger partial charge in [0.25, 0.3) is 0 Å². The van der Waals surface area contributed by atoms with Gasteiger partial charge >= 0.3 is 0 Å². The topological polar surface area (TPSA) is 64.0 Å². The molecule has 0 bridgehead atoms. The zero-order chi connectivity index (χ0) is 19.5. The highest BCUT2D eigenvalue weighted by molar-refractivity contribution is 5.81. The molecule has 0 aliphatic carbocycles. The minimum Gasteiger partial charge on any atom is -0.369 e. The quantitative estimate of drug-likeness (QED) is 0.536. The second-order valence-corrected chi connectivity index (χ2v) is 7.16. The van der Waals surface area contributed by atoms with E-state index in [0.29, 0.717) is 6.61 Å². The highest BCUT2D eigenvalue weighted by Gasteiger charge is 2.24. The smallest absolute Gasteiger partial charge is 0.115 e. The molecular weight excluding hydrogens is 362 g/mol. The number of nitrogens with zero attached hydrogens (tertiary/aromatic N) is 5. The van der Waals surface area contributed by atoms with Gasteiger partial charge in [-0.2, -0.15) is 0 Å². The minimum absolute atomic E-state index is 0.0542. The lowest BCUT2D eigenvalue weighted by Crippen LogP contribution is -2.38. The number of hydrogen-bond acceptors (Lipinski definition) is 6. The van der Waals surface area contributed by atoms with Gasteiger partial charge in [-0.3, -0.25) is 9.88 Å². The lowest BCUT2D eigenvalue weighted by Gasteiger charge is -2.33. The fourth-order valence-corrected chi connectivity index (χ4v) is 3.79. The monoisotopic (exact) mass is 383 g/mol. The van der Waals surface area contributed by atoms with Crippen molar-refractivity contribution in [3.05, 3.63) is 84.7 Å². The van der Waals surface area contributed by atoms with E-state index in [9.17, 15) is 0 Å². The predicted octanol–water partition coefficient (Wildman–Crippen LogP) is 3.66. The van der Waals surface area contributed by atoms with Crippen molar-refractivity contribution in [2.24, 2.45) is 0 Å². The fraction of sp³-hybridized carbons (Fsp3) is 0.217. The lowest BCUT2D eigenvalue weighted by molar-refractivity contribution is -0.0348. The minimum atomic E-state index is -0.0542. The summed E-state index contributed by atoms with van der Waals surface area (Å²) in [5.74, 6) is 0. The van der Waals surface area contributed by atoms with Gasteiger partial charge in [0.1, 0.15) is 12.4 Å². The summed E-state index contributed by atoms with van der Waals surface area (Å²) in [6, 6.07) is 16.5. The van der Waals surface area contributed by atoms with E-state index < -0.39 is 0 Å². The Labute approximate surface area is 169 Å². The van der Waals surface area contributed by atoms with Gasteiger partial charge in [0.05, 0.1) is 23.5 Å². The maximum absolute atomic E-state index is 6.06. The third-order valence-corrected chi connectivity index (χ3v) is 5.24. The molecule has 4 aromatic rings. The molecule has 1 fully saturated rings. The van der Waals surface area contributed by atoms with Gasteiger partial charge in [-0.15, -0.1) is 0 Å². The van der Waals surface area contributed by atoms with E-state index >= 15 is 0 Å². The Morgan fingerprint density at radius 2 is 1.90 bits per heavy atom. The van der Waals surface area contributed by atoms with Crippen LogP contribution in [0.5, 0.6) is 0 Å². The van der Waals surface area contributed by atoms with Crippen LogP contribution in [0.4, 0.5) is 0 Å². The van der Waals surface area contributed by atoms with E-state index in [1.165, 1.54) is 17.3 Å². The van der Waals surface area contributed by atoms with Crippen molar-refractivity contribution in [3.63, 3.8) is 0 Å². The van der Waals surface area contributed by atoms with E-state index in [2.05, 4.69) is 44.1 Å². The predicted molar refractivity (Wildman–Crippen MR) is 111 cm³/mol. The van der Waals surface area contributed by atoms with Gasteiger partial charge in [0, 0.05) is 49.2 Å². The number of ether oxygens (including phenoxy) is 1. The molecule has 4 heterocycles. The van der Waals surface area contributed by atoms with Gasteiger partial charge in [-0.05, 0) is 29.8 Å². The summed E-state index contributed by atoms with van der Waals surface area (Å²) in [5, 5.41) is 1.21. The fourth-order valence-electron chi connectivity index (χ4n) is 3.79. The van der Waals surface area contributed by atoms with Gasteiger partial charge in [-0.25, -0.2) is 15.0 Å². The molecule has 0 amide bonds. The van der Waals surface area contributed by atoms with Crippen molar-refractivity contribution in [1.29, 1.82) is 0 Å². The molecule has 1 atom stereocenters. The SMILES string of the molecule is c1cc(-c2cncnc2)nc([C@@H]2CN(Cc3cccc4ncccc34)CCO2)c1. The molecule has 1 aliphatic heterocycles. The number of fused-ring (bicyclic) bond motifs is 1. The summed E-state index contributed by atoms with van der Waals surface area (Å²) in [6.07, 6.45) is 6.87. The van der Waals surface area contributed by atoms with Crippen LogP contribution < -0.4 is 0 Å². The molecule has 0 radical (unpaired) electrons. The van der Waals surface area contributed by atoms with Crippen LogP contribution in [0.25, 0.3) is 22.2 Å². The van der Waals surface area contributed by atoms with E-state index in [4.69, 9.17) is 9.72 Å². The zero-order valence-corrected chi connectivity index (χ0v) is 16.0. The molecule has 6 heteroatoms. The summed E-state index contributed by atoms with van der Waals surface area (Å²) in [4.78, 5) is 19.9. The number of aromatic nitrogens is 4. The van der Waals surface area contributed by atoms with Crippen LogP contribution >= 0.6 is 0 Å². The Bertz CT molecular complexity index is 1110. The van der Waals surface area contributed by atoms with Crippen LogP contribution in [0.1, 0.15) is 17.4 Å². The first-order chi connectivity index (χ1) is 14.4. The standard InChI is InChI=1S/C23H21N5O/c1-4-17(19-5-3-9-26-21(19)7-1)14-28-10-11-29-23(15-28)22-8-2-6-20(27-22)18-12-24-16-25-13-18/h1-9,12-13,16,23H,10-11,14-15H2/t23-/m0/s1. The van der Waals surface area contributed by atoms with Crippen molar-refractivity contribution in [3.8, 4) is 11.3 Å². The molecular formula is C23H21N5O.